The summed E-state index contributed by atoms with van der Waals surface area (Å²) in [4.78, 5) is 19.2. The molecule has 0 aliphatic rings. The van der Waals surface area contributed by atoms with Gasteiger partial charge < -0.3 is 15.1 Å². The first kappa shape index (κ1) is 21.7. The highest BCUT2D eigenvalue weighted by molar-refractivity contribution is 7.98. The molecule has 7 nitrogen and oxygen atoms in total. The molecule has 0 fully saturated rings. The molecule has 0 aliphatic carbocycles. The van der Waals surface area contributed by atoms with Gasteiger partial charge in [0.15, 0.2) is 5.82 Å². The molecule has 0 bridgehead atoms. The third kappa shape index (κ3) is 8.06. The summed E-state index contributed by atoms with van der Waals surface area (Å²) in [5, 5.41) is 17.0. The summed E-state index contributed by atoms with van der Waals surface area (Å²) in [5.41, 5.74) is 0.897. The SMILES string of the molecule is CN/C(=C\[N+](=O)[O-])N(CCSCc1csc(CN(C)C)n1)C(C)(C)C. The molecule has 0 saturated carbocycles. The fourth-order valence-electron chi connectivity index (χ4n) is 2.28. The van der Waals surface area contributed by atoms with Crippen LogP contribution in [0.3, 0.4) is 0 Å². The number of nitro groups is 1. The van der Waals surface area contributed by atoms with E-state index in [-0.39, 0.29) is 5.54 Å². The van der Waals surface area contributed by atoms with E-state index in [1.807, 2.05) is 19.0 Å². The van der Waals surface area contributed by atoms with Crippen LogP contribution in [0, 0.1) is 10.1 Å². The van der Waals surface area contributed by atoms with Gasteiger partial charge in [-0.25, -0.2) is 4.98 Å². The van der Waals surface area contributed by atoms with Crippen molar-refractivity contribution < 1.29 is 4.92 Å². The zero-order valence-corrected chi connectivity index (χ0v) is 17.5. The molecule has 0 atom stereocenters. The Hall–Kier alpha value is -1.32. The van der Waals surface area contributed by atoms with Crippen LogP contribution in [0.25, 0.3) is 0 Å². The Kier molecular flexibility index (Phi) is 8.67. The fraction of sp³-hybridized carbons (Fsp3) is 0.688. The van der Waals surface area contributed by atoms with Crippen LogP contribution in [-0.4, -0.2) is 58.7 Å². The van der Waals surface area contributed by atoms with Gasteiger partial charge in [-0.3, -0.25) is 10.1 Å². The van der Waals surface area contributed by atoms with Crippen LogP contribution in [0.4, 0.5) is 0 Å². The smallest absolute Gasteiger partial charge is 0.274 e. The Bertz CT molecular complexity index is 581. The highest BCUT2D eigenvalue weighted by Crippen LogP contribution is 2.21. The predicted octanol–water partition coefficient (Wildman–Crippen LogP) is 2.83. The molecule has 25 heavy (non-hydrogen) atoms. The van der Waals surface area contributed by atoms with Gasteiger partial charge in [-0.1, -0.05) is 0 Å². The molecule has 1 aromatic heterocycles. The summed E-state index contributed by atoms with van der Waals surface area (Å²) >= 11 is 3.49. The van der Waals surface area contributed by atoms with Crippen molar-refractivity contribution >= 4 is 23.1 Å². The number of rotatable bonds is 10. The van der Waals surface area contributed by atoms with Crippen molar-refractivity contribution in [3.05, 3.63) is 38.2 Å². The maximum Gasteiger partial charge on any atom is 0.274 e. The minimum Gasteiger partial charge on any atom is -0.370 e. The van der Waals surface area contributed by atoms with E-state index >= 15 is 0 Å². The van der Waals surface area contributed by atoms with Crippen LogP contribution in [0.15, 0.2) is 17.4 Å². The van der Waals surface area contributed by atoms with Crippen molar-refractivity contribution in [3.8, 4) is 0 Å². The number of hydrogen-bond donors (Lipinski definition) is 1. The fourth-order valence-corrected chi connectivity index (χ4v) is 4.11. The van der Waals surface area contributed by atoms with Crippen molar-refractivity contribution in [2.24, 2.45) is 0 Å². The monoisotopic (exact) mass is 387 g/mol. The Morgan fingerprint density at radius 3 is 2.68 bits per heavy atom. The van der Waals surface area contributed by atoms with Gasteiger partial charge in [0.25, 0.3) is 6.20 Å². The molecule has 0 unspecified atom stereocenters. The van der Waals surface area contributed by atoms with Crippen molar-refractivity contribution in [1.29, 1.82) is 0 Å². The Balaban J connectivity index is 2.57. The lowest BCUT2D eigenvalue weighted by Gasteiger charge is -2.37. The first-order valence-corrected chi connectivity index (χ1v) is 10.1. The largest absolute Gasteiger partial charge is 0.370 e. The highest BCUT2D eigenvalue weighted by atomic mass is 32.2. The topological polar surface area (TPSA) is 74.5 Å². The third-order valence-corrected chi connectivity index (χ3v) is 5.20. The first-order chi connectivity index (χ1) is 11.6. The average molecular weight is 388 g/mol. The molecule has 1 N–H and O–H groups in total. The van der Waals surface area contributed by atoms with Crippen molar-refractivity contribution in [1.82, 2.24) is 20.1 Å². The van der Waals surface area contributed by atoms with Crippen LogP contribution >= 0.6 is 23.1 Å². The predicted molar refractivity (Wildman–Crippen MR) is 106 cm³/mol. The summed E-state index contributed by atoms with van der Waals surface area (Å²) in [5.74, 6) is 2.25. The quantitative estimate of drug-likeness (QED) is 0.376. The van der Waals surface area contributed by atoms with Gasteiger partial charge in [0.05, 0.1) is 10.6 Å². The normalized spacial score (nSPS) is 12.5. The molecule has 1 rings (SSSR count). The van der Waals surface area contributed by atoms with Gasteiger partial charge in [-0.2, -0.15) is 11.8 Å². The molecule has 1 heterocycles. The molecule has 0 radical (unpaired) electrons. The Morgan fingerprint density at radius 2 is 2.16 bits per heavy atom. The maximum absolute atomic E-state index is 10.8. The third-order valence-electron chi connectivity index (χ3n) is 3.34. The van der Waals surface area contributed by atoms with Gasteiger partial charge in [0, 0.05) is 42.6 Å². The van der Waals surface area contributed by atoms with E-state index in [1.54, 1.807) is 30.1 Å². The molecule has 9 heteroatoms. The Morgan fingerprint density at radius 1 is 1.48 bits per heavy atom. The summed E-state index contributed by atoms with van der Waals surface area (Å²) in [7, 11) is 5.78. The molecule has 0 saturated heterocycles. The molecule has 0 aliphatic heterocycles. The molecule has 0 spiro atoms. The molecular weight excluding hydrogens is 358 g/mol. The average Bonchev–Trinajstić information content (AvgIpc) is 2.90. The molecule has 0 aromatic carbocycles. The van der Waals surface area contributed by atoms with Crippen molar-refractivity contribution in [2.45, 2.75) is 38.6 Å². The number of thiazole rings is 1. The van der Waals surface area contributed by atoms with Gasteiger partial charge >= 0.3 is 0 Å². The highest BCUT2D eigenvalue weighted by Gasteiger charge is 2.24. The minimum absolute atomic E-state index is 0.203. The van der Waals surface area contributed by atoms with Crippen molar-refractivity contribution in [2.75, 3.05) is 33.4 Å². The summed E-state index contributed by atoms with van der Waals surface area (Å²) in [6.45, 7) is 7.75. The van der Waals surface area contributed by atoms with Gasteiger partial charge in [0.1, 0.15) is 5.01 Å². The van der Waals surface area contributed by atoms with Gasteiger partial charge in [-0.05, 0) is 34.9 Å². The van der Waals surface area contributed by atoms with E-state index in [0.717, 1.165) is 41.5 Å². The molecular formula is C16H29N5O2S2. The van der Waals surface area contributed by atoms with Crippen LogP contribution < -0.4 is 5.32 Å². The second-order valence-electron chi connectivity index (χ2n) is 6.90. The van der Waals surface area contributed by atoms with E-state index in [0.29, 0.717) is 5.82 Å². The van der Waals surface area contributed by atoms with Crippen LogP contribution in [0.5, 0.6) is 0 Å². The lowest BCUT2D eigenvalue weighted by Crippen LogP contribution is -2.45. The molecule has 1 aromatic rings. The number of hydrogen-bond acceptors (Lipinski definition) is 8. The van der Waals surface area contributed by atoms with Crippen LogP contribution in [0.2, 0.25) is 0 Å². The molecule has 0 amide bonds. The zero-order chi connectivity index (χ0) is 19.0. The summed E-state index contributed by atoms with van der Waals surface area (Å²) < 4.78 is 0. The van der Waals surface area contributed by atoms with E-state index < -0.39 is 4.92 Å². The van der Waals surface area contributed by atoms with Crippen LogP contribution in [-0.2, 0) is 12.3 Å². The zero-order valence-electron chi connectivity index (χ0n) is 15.9. The van der Waals surface area contributed by atoms with E-state index in [9.17, 15) is 10.1 Å². The summed E-state index contributed by atoms with van der Waals surface area (Å²) in [6.07, 6.45) is 1.03. The minimum atomic E-state index is -0.417. The van der Waals surface area contributed by atoms with E-state index in [4.69, 9.17) is 0 Å². The summed E-state index contributed by atoms with van der Waals surface area (Å²) in [6, 6.07) is 0. The Labute approximate surface area is 158 Å². The van der Waals surface area contributed by atoms with Gasteiger partial charge in [0.2, 0.25) is 0 Å². The van der Waals surface area contributed by atoms with Crippen LogP contribution in [0.1, 0.15) is 31.5 Å². The number of aromatic nitrogens is 1. The van der Waals surface area contributed by atoms with Crippen molar-refractivity contribution in [3.63, 3.8) is 0 Å². The maximum atomic E-state index is 10.8. The second-order valence-corrected chi connectivity index (χ2v) is 8.94. The standard InChI is InChI=1S/C16H29N5O2S2/c1-16(2,3)20(14(17-4)9-21(22)23)7-8-24-11-13-12-25-15(18-13)10-19(5)6/h9,12,17H,7-8,10-11H2,1-6H3/b14-9+. The first-order valence-electron chi connectivity index (χ1n) is 8.10. The lowest BCUT2D eigenvalue weighted by molar-refractivity contribution is -0.405. The number of nitrogens with zero attached hydrogens (tertiary/aromatic N) is 4. The lowest BCUT2D eigenvalue weighted by atomic mass is 10.1. The number of nitrogens with one attached hydrogen (secondary N) is 1. The second kappa shape index (κ2) is 9.98. The van der Waals surface area contributed by atoms with E-state index in [1.165, 1.54) is 0 Å². The van der Waals surface area contributed by atoms with Gasteiger partial charge in [-0.15, -0.1) is 11.3 Å². The van der Waals surface area contributed by atoms with E-state index in [2.05, 4.69) is 41.4 Å². The molecule has 142 valence electrons. The number of thioether (sulfide) groups is 1.